The number of ether oxygens (including phenoxy) is 4. The first-order valence-corrected chi connectivity index (χ1v) is 13.2. The van der Waals surface area contributed by atoms with Gasteiger partial charge in [-0.15, -0.1) is 0 Å². The van der Waals surface area contributed by atoms with Crippen molar-refractivity contribution < 1.29 is 38.7 Å². The molecule has 40 heavy (non-hydrogen) atoms. The molecular formula is C32H42O8. The molecule has 8 heteroatoms. The first-order chi connectivity index (χ1) is 18.6. The number of benzene rings is 2. The summed E-state index contributed by atoms with van der Waals surface area (Å²) in [6, 6.07) is 6.63. The van der Waals surface area contributed by atoms with Gasteiger partial charge in [-0.2, -0.15) is 0 Å². The zero-order valence-corrected chi connectivity index (χ0v) is 25.2. The Kier molecular flexibility index (Phi) is 10.4. The Morgan fingerprint density at radius 2 is 1.00 bits per heavy atom. The molecule has 0 heterocycles. The fourth-order valence-corrected chi connectivity index (χ4v) is 4.12. The minimum atomic E-state index is -0.729. The van der Waals surface area contributed by atoms with Crippen LogP contribution >= 0.6 is 0 Å². The van der Waals surface area contributed by atoms with Crippen LogP contribution in [-0.2, 0) is 29.9 Å². The van der Waals surface area contributed by atoms with Gasteiger partial charge in [0.05, 0.1) is 38.6 Å². The van der Waals surface area contributed by atoms with Crippen LogP contribution in [0.4, 0.5) is 0 Å². The van der Waals surface area contributed by atoms with Gasteiger partial charge in [0.2, 0.25) is 0 Å². The SMILES string of the molecule is CCOC(=O)C(=C\c1cc(OC)c(O)c(C(C)(C)C)c1)/C(=C\c1cc(OC)c(O)c(C(C)(C)C)c1)C(=O)OCC. The van der Waals surface area contributed by atoms with Crippen molar-refractivity contribution in [1.82, 2.24) is 0 Å². The second kappa shape index (κ2) is 12.9. The number of methoxy groups -OCH3 is 2. The van der Waals surface area contributed by atoms with Gasteiger partial charge < -0.3 is 29.2 Å². The third-order valence-electron chi connectivity index (χ3n) is 6.15. The largest absolute Gasteiger partial charge is 0.504 e. The molecule has 0 aliphatic rings. The fraction of sp³-hybridized carbons (Fsp3) is 0.438. The van der Waals surface area contributed by atoms with E-state index in [4.69, 9.17) is 18.9 Å². The van der Waals surface area contributed by atoms with Crippen LogP contribution in [0.5, 0.6) is 23.0 Å². The Morgan fingerprint density at radius 3 is 1.25 bits per heavy atom. The Hall–Kier alpha value is -3.94. The van der Waals surface area contributed by atoms with Crippen molar-refractivity contribution in [3.63, 3.8) is 0 Å². The van der Waals surface area contributed by atoms with Gasteiger partial charge in [0.1, 0.15) is 0 Å². The van der Waals surface area contributed by atoms with Crippen LogP contribution in [0.25, 0.3) is 12.2 Å². The quantitative estimate of drug-likeness (QED) is 0.211. The second-order valence-electron chi connectivity index (χ2n) is 11.3. The molecule has 0 aromatic heterocycles. The van der Waals surface area contributed by atoms with Crippen molar-refractivity contribution in [1.29, 1.82) is 0 Å². The van der Waals surface area contributed by atoms with Crippen LogP contribution in [0.15, 0.2) is 35.4 Å². The lowest BCUT2D eigenvalue weighted by atomic mass is 9.84. The lowest BCUT2D eigenvalue weighted by Gasteiger charge is -2.23. The van der Waals surface area contributed by atoms with Crippen molar-refractivity contribution >= 4 is 24.1 Å². The number of esters is 2. The molecule has 0 aliphatic carbocycles. The molecule has 0 atom stereocenters. The summed E-state index contributed by atoms with van der Waals surface area (Å²) < 4.78 is 21.5. The predicted molar refractivity (Wildman–Crippen MR) is 156 cm³/mol. The summed E-state index contributed by atoms with van der Waals surface area (Å²) in [5.41, 5.74) is 1.23. The summed E-state index contributed by atoms with van der Waals surface area (Å²) in [5, 5.41) is 21.5. The molecule has 8 nitrogen and oxygen atoms in total. The third-order valence-corrected chi connectivity index (χ3v) is 6.15. The minimum absolute atomic E-state index is 0.00288. The smallest absolute Gasteiger partial charge is 0.339 e. The van der Waals surface area contributed by atoms with Crippen molar-refractivity contribution in [3.05, 3.63) is 57.7 Å². The van der Waals surface area contributed by atoms with E-state index in [2.05, 4.69) is 0 Å². The molecule has 0 radical (unpaired) electrons. The highest BCUT2D eigenvalue weighted by Gasteiger charge is 2.27. The van der Waals surface area contributed by atoms with Crippen molar-refractivity contribution in [2.45, 2.75) is 66.2 Å². The molecule has 0 bridgehead atoms. The molecule has 218 valence electrons. The van der Waals surface area contributed by atoms with E-state index in [1.807, 2.05) is 41.5 Å². The summed E-state index contributed by atoms with van der Waals surface area (Å²) in [5.74, 6) is -1.02. The molecule has 0 saturated heterocycles. The van der Waals surface area contributed by atoms with Crippen molar-refractivity contribution in [3.8, 4) is 23.0 Å². The summed E-state index contributed by atoms with van der Waals surface area (Å²) in [6.07, 6.45) is 3.03. The molecule has 0 saturated carbocycles. The first-order valence-electron chi connectivity index (χ1n) is 13.2. The molecule has 0 fully saturated rings. The Bertz CT molecular complexity index is 1200. The molecule has 2 N–H and O–H groups in total. The van der Waals surface area contributed by atoms with E-state index in [9.17, 15) is 19.8 Å². The van der Waals surface area contributed by atoms with E-state index in [0.29, 0.717) is 22.3 Å². The van der Waals surface area contributed by atoms with Gasteiger partial charge in [-0.1, -0.05) is 41.5 Å². The van der Waals surface area contributed by atoms with Crippen LogP contribution in [0.1, 0.15) is 77.6 Å². The monoisotopic (exact) mass is 554 g/mol. The zero-order valence-electron chi connectivity index (χ0n) is 25.2. The summed E-state index contributed by atoms with van der Waals surface area (Å²) in [6.45, 7) is 15.2. The van der Waals surface area contributed by atoms with Gasteiger partial charge >= 0.3 is 11.9 Å². The summed E-state index contributed by atoms with van der Waals surface area (Å²) in [7, 11) is 2.88. The Balaban J connectivity index is 2.96. The molecule has 2 aromatic rings. The fourth-order valence-electron chi connectivity index (χ4n) is 4.12. The molecule has 0 aliphatic heterocycles. The minimum Gasteiger partial charge on any atom is -0.504 e. The van der Waals surface area contributed by atoms with Gasteiger partial charge in [-0.25, -0.2) is 9.59 Å². The van der Waals surface area contributed by atoms with E-state index in [0.717, 1.165) is 0 Å². The maximum Gasteiger partial charge on any atom is 0.339 e. The van der Waals surface area contributed by atoms with Crippen LogP contribution in [0.3, 0.4) is 0 Å². The third kappa shape index (κ3) is 7.58. The maximum atomic E-state index is 13.3. The van der Waals surface area contributed by atoms with Crippen LogP contribution in [-0.4, -0.2) is 49.6 Å². The number of hydrogen-bond acceptors (Lipinski definition) is 8. The first kappa shape index (κ1) is 32.3. The molecule has 0 amide bonds. The topological polar surface area (TPSA) is 112 Å². The number of carbonyl (C=O) groups excluding carboxylic acids is 2. The summed E-state index contributed by atoms with van der Waals surface area (Å²) >= 11 is 0. The average molecular weight is 555 g/mol. The predicted octanol–water partition coefficient (Wildman–Crippen LogP) is 6.30. The van der Waals surface area contributed by atoms with Gasteiger partial charge in [0.15, 0.2) is 23.0 Å². The normalized spacial score (nSPS) is 12.7. The van der Waals surface area contributed by atoms with E-state index in [1.165, 1.54) is 26.4 Å². The standard InChI is InChI=1S/C32H42O8/c1-11-39-29(35)21(13-19-15-23(31(3,4)5)27(33)25(17-19)37-9)22(30(36)40-12-2)14-20-16-24(32(6,7)8)28(34)26(18-20)38-10/h13-18,33-34H,11-12H2,1-10H3/b21-13-,22-14+. The van der Waals surface area contributed by atoms with Crippen LogP contribution < -0.4 is 9.47 Å². The molecular weight excluding hydrogens is 512 g/mol. The number of carbonyl (C=O) groups is 2. The number of rotatable bonds is 9. The van der Waals surface area contributed by atoms with Gasteiger partial charge in [-0.05, 0) is 72.2 Å². The Morgan fingerprint density at radius 1 is 0.675 bits per heavy atom. The molecule has 0 spiro atoms. The van der Waals surface area contributed by atoms with Crippen molar-refractivity contribution in [2.75, 3.05) is 27.4 Å². The highest BCUT2D eigenvalue weighted by Crippen LogP contribution is 2.41. The highest BCUT2D eigenvalue weighted by atomic mass is 16.5. The van der Waals surface area contributed by atoms with Gasteiger partial charge in [0.25, 0.3) is 0 Å². The Labute approximate surface area is 237 Å². The van der Waals surface area contributed by atoms with Gasteiger partial charge in [0, 0.05) is 11.1 Å². The van der Waals surface area contributed by atoms with E-state index < -0.39 is 22.8 Å². The number of phenols is 2. The maximum absolute atomic E-state index is 13.3. The average Bonchev–Trinajstić information content (AvgIpc) is 2.86. The van der Waals surface area contributed by atoms with Crippen molar-refractivity contribution in [2.24, 2.45) is 0 Å². The lowest BCUT2D eigenvalue weighted by molar-refractivity contribution is -0.141. The van der Waals surface area contributed by atoms with Gasteiger partial charge in [-0.3, -0.25) is 0 Å². The highest BCUT2D eigenvalue weighted by molar-refractivity contribution is 6.12. The number of phenolic OH excluding ortho intramolecular Hbond substituents is 2. The number of hydrogen-bond donors (Lipinski definition) is 2. The van der Waals surface area contributed by atoms with E-state index in [-0.39, 0.29) is 47.4 Å². The van der Waals surface area contributed by atoms with E-state index in [1.54, 1.807) is 38.1 Å². The second-order valence-corrected chi connectivity index (χ2v) is 11.3. The number of aromatic hydroxyl groups is 2. The van der Waals surface area contributed by atoms with E-state index >= 15 is 0 Å². The van der Waals surface area contributed by atoms with Crippen LogP contribution in [0, 0.1) is 0 Å². The zero-order chi connectivity index (χ0) is 30.4. The molecule has 0 unspecified atom stereocenters. The summed E-state index contributed by atoms with van der Waals surface area (Å²) in [4.78, 5) is 26.6. The molecule has 2 aromatic carbocycles. The lowest BCUT2D eigenvalue weighted by Crippen LogP contribution is -2.17. The van der Waals surface area contributed by atoms with Crippen LogP contribution in [0.2, 0.25) is 0 Å². The molecule has 2 rings (SSSR count).